The predicted molar refractivity (Wildman–Crippen MR) is 98.0 cm³/mol. The van der Waals surface area contributed by atoms with Gasteiger partial charge in [0.1, 0.15) is 0 Å². The van der Waals surface area contributed by atoms with Crippen LogP contribution in [0.2, 0.25) is 0 Å². The number of piperidine rings is 1. The second kappa shape index (κ2) is 7.87. The Balaban J connectivity index is 1.76. The quantitative estimate of drug-likeness (QED) is 0.827. The molecule has 0 bridgehead atoms. The molecule has 5 nitrogen and oxygen atoms in total. The van der Waals surface area contributed by atoms with E-state index in [1.807, 2.05) is 4.90 Å². The molecule has 138 valence electrons. The van der Waals surface area contributed by atoms with Gasteiger partial charge in [-0.1, -0.05) is 12.8 Å². The molecule has 0 N–H and O–H groups in total. The molecule has 0 spiro atoms. The molecule has 2 saturated heterocycles. The van der Waals surface area contributed by atoms with E-state index in [4.69, 9.17) is 0 Å². The van der Waals surface area contributed by atoms with Crippen molar-refractivity contribution in [2.24, 2.45) is 0 Å². The number of sulfonamides is 1. The highest BCUT2D eigenvalue weighted by Gasteiger charge is 2.27. The first-order valence-corrected chi connectivity index (χ1v) is 10.9. The zero-order valence-electron chi connectivity index (χ0n) is 15.0. The van der Waals surface area contributed by atoms with E-state index in [1.165, 1.54) is 0 Å². The van der Waals surface area contributed by atoms with Gasteiger partial charge in [-0.05, 0) is 63.3 Å². The van der Waals surface area contributed by atoms with Crippen LogP contribution in [0.5, 0.6) is 0 Å². The summed E-state index contributed by atoms with van der Waals surface area (Å²) in [7, 11) is -3.46. The van der Waals surface area contributed by atoms with E-state index in [9.17, 15) is 13.2 Å². The molecule has 0 saturated carbocycles. The third-order valence-corrected chi connectivity index (χ3v) is 7.28. The third-order valence-electron chi connectivity index (χ3n) is 5.37. The van der Waals surface area contributed by atoms with Crippen LogP contribution in [0.1, 0.15) is 62.2 Å². The van der Waals surface area contributed by atoms with Crippen molar-refractivity contribution < 1.29 is 13.2 Å². The number of likely N-dealkylation sites (tertiary alicyclic amines) is 1. The molecule has 1 atom stereocenters. The largest absolute Gasteiger partial charge is 0.336 e. The molecule has 3 rings (SSSR count). The van der Waals surface area contributed by atoms with Crippen molar-refractivity contribution in [3.8, 4) is 0 Å². The van der Waals surface area contributed by atoms with Crippen molar-refractivity contribution in [2.75, 3.05) is 19.6 Å². The van der Waals surface area contributed by atoms with Crippen molar-refractivity contribution >= 4 is 15.9 Å². The highest BCUT2D eigenvalue weighted by atomic mass is 32.2. The van der Waals surface area contributed by atoms with E-state index in [0.717, 1.165) is 51.5 Å². The Morgan fingerprint density at radius 1 is 0.920 bits per heavy atom. The first kappa shape index (κ1) is 18.4. The highest BCUT2D eigenvalue weighted by molar-refractivity contribution is 7.89. The number of hydrogen-bond donors (Lipinski definition) is 0. The van der Waals surface area contributed by atoms with Crippen LogP contribution < -0.4 is 0 Å². The van der Waals surface area contributed by atoms with E-state index in [-0.39, 0.29) is 16.8 Å². The van der Waals surface area contributed by atoms with Gasteiger partial charge >= 0.3 is 0 Å². The van der Waals surface area contributed by atoms with Gasteiger partial charge in [0, 0.05) is 31.2 Å². The molecule has 25 heavy (non-hydrogen) atoms. The summed E-state index contributed by atoms with van der Waals surface area (Å²) in [4.78, 5) is 14.9. The van der Waals surface area contributed by atoms with Gasteiger partial charge in [-0.3, -0.25) is 4.79 Å². The lowest BCUT2D eigenvalue weighted by molar-refractivity contribution is 0.0635. The fourth-order valence-electron chi connectivity index (χ4n) is 3.77. The van der Waals surface area contributed by atoms with Crippen molar-refractivity contribution in [1.82, 2.24) is 9.21 Å². The molecule has 2 heterocycles. The van der Waals surface area contributed by atoms with Gasteiger partial charge in [0.05, 0.1) is 4.90 Å². The predicted octanol–water partition coefficient (Wildman–Crippen LogP) is 3.27. The summed E-state index contributed by atoms with van der Waals surface area (Å²) in [6.45, 7) is 4.05. The summed E-state index contributed by atoms with van der Waals surface area (Å²) in [6.07, 6.45) is 7.26. The molecular formula is C19H28N2O3S. The molecule has 2 aliphatic rings. The Labute approximate surface area is 151 Å². The summed E-state index contributed by atoms with van der Waals surface area (Å²) in [5, 5.41) is 0. The molecular weight excluding hydrogens is 336 g/mol. The lowest BCUT2D eigenvalue weighted by Gasteiger charge is -2.33. The minimum Gasteiger partial charge on any atom is -0.336 e. The van der Waals surface area contributed by atoms with E-state index < -0.39 is 10.0 Å². The van der Waals surface area contributed by atoms with Crippen LogP contribution in [-0.4, -0.2) is 49.2 Å². The highest BCUT2D eigenvalue weighted by Crippen LogP contribution is 2.23. The van der Waals surface area contributed by atoms with Gasteiger partial charge in [-0.15, -0.1) is 0 Å². The standard InChI is InChI=1S/C19H28N2O3S/c1-16-8-4-7-15-21(16)19(22)17-9-11-18(12-10-17)25(23,24)20-13-5-2-3-6-14-20/h9-12,16H,2-8,13-15H2,1H3/t16-/m1/s1. The van der Waals surface area contributed by atoms with E-state index in [2.05, 4.69) is 6.92 Å². The Bertz CT molecular complexity index is 692. The van der Waals surface area contributed by atoms with Gasteiger partial charge in [0.2, 0.25) is 10.0 Å². The Kier molecular flexibility index (Phi) is 5.79. The maximum Gasteiger partial charge on any atom is 0.254 e. The minimum atomic E-state index is -3.46. The smallest absolute Gasteiger partial charge is 0.254 e. The molecule has 6 heteroatoms. The molecule has 2 aliphatic heterocycles. The molecule has 0 aliphatic carbocycles. The Morgan fingerprint density at radius 3 is 2.12 bits per heavy atom. The van der Waals surface area contributed by atoms with Crippen LogP contribution in [0.25, 0.3) is 0 Å². The Morgan fingerprint density at radius 2 is 1.52 bits per heavy atom. The number of amides is 1. The third kappa shape index (κ3) is 4.06. The first-order valence-electron chi connectivity index (χ1n) is 9.41. The van der Waals surface area contributed by atoms with E-state index >= 15 is 0 Å². The Hall–Kier alpha value is -1.40. The molecule has 1 amide bonds. The van der Waals surface area contributed by atoms with Crippen molar-refractivity contribution in [3.05, 3.63) is 29.8 Å². The maximum absolute atomic E-state index is 12.8. The summed E-state index contributed by atoms with van der Waals surface area (Å²) in [5.74, 6) is 0.00548. The van der Waals surface area contributed by atoms with Crippen LogP contribution >= 0.6 is 0 Å². The van der Waals surface area contributed by atoms with E-state index in [0.29, 0.717) is 18.7 Å². The summed E-state index contributed by atoms with van der Waals surface area (Å²) in [6, 6.07) is 6.74. The van der Waals surface area contributed by atoms with E-state index in [1.54, 1.807) is 28.6 Å². The second-order valence-corrected chi connectivity index (χ2v) is 9.12. The molecule has 0 aromatic heterocycles. The normalized spacial score (nSPS) is 23.2. The summed E-state index contributed by atoms with van der Waals surface area (Å²) >= 11 is 0. The van der Waals surface area contributed by atoms with Crippen molar-refractivity contribution in [3.63, 3.8) is 0 Å². The van der Waals surface area contributed by atoms with Gasteiger partial charge in [0.15, 0.2) is 0 Å². The fraction of sp³-hybridized carbons (Fsp3) is 0.632. The van der Waals surface area contributed by atoms with Gasteiger partial charge < -0.3 is 4.90 Å². The van der Waals surface area contributed by atoms with Crippen LogP contribution in [-0.2, 0) is 10.0 Å². The van der Waals surface area contributed by atoms with Crippen LogP contribution in [0.3, 0.4) is 0 Å². The van der Waals surface area contributed by atoms with Gasteiger partial charge in [0.25, 0.3) is 5.91 Å². The summed E-state index contributed by atoms with van der Waals surface area (Å²) < 4.78 is 27.2. The number of rotatable bonds is 3. The molecule has 0 radical (unpaired) electrons. The van der Waals surface area contributed by atoms with Crippen LogP contribution in [0.4, 0.5) is 0 Å². The lowest BCUT2D eigenvalue weighted by atomic mass is 10.0. The number of benzene rings is 1. The lowest BCUT2D eigenvalue weighted by Crippen LogP contribution is -2.42. The summed E-state index contributed by atoms with van der Waals surface area (Å²) in [5.41, 5.74) is 0.573. The SMILES string of the molecule is C[C@@H]1CCCCN1C(=O)c1ccc(S(=O)(=O)N2CCCCCC2)cc1. The fourth-order valence-corrected chi connectivity index (χ4v) is 5.28. The molecule has 1 aromatic carbocycles. The molecule has 2 fully saturated rings. The van der Waals surface area contributed by atoms with Crippen LogP contribution in [0.15, 0.2) is 29.2 Å². The zero-order valence-corrected chi connectivity index (χ0v) is 15.8. The number of nitrogens with zero attached hydrogens (tertiary/aromatic N) is 2. The molecule has 0 unspecified atom stereocenters. The average molecular weight is 365 g/mol. The number of hydrogen-bond acceptors (Lipinski definition) is 3. The van der Waals surface area contributed by atoms with Gasteiger partial charge in [-0.2, -0.15) is 4.31 Å². The maximum atomic E-state index is 12.8. The number of carbonyl (C=O) groups excluding carboxylic acids is 1. The van der Waals surface area contributed by atoms with Crippen molar-refractivity contribution in [2.45, 2.75) is 62.8 Å². The van der Waals surface area contributed by atoms with Gasteiger partial charge in [-0.25, -0.2) is 8.42 Å². The minimum absolute atomic E-state index is 0.00548. The topological polar surface area (TPSA) is 57.7 Å². The second-order valence-electron chi connectivity index (χ2n) is 7.19. The monoisotopic (exact) mass is 364 g/mol. The number of carbonyl (C=O) groups is 1. The van der Waals surface area contributed by atoms with Crippen LogP contribution in [0, 0.1) is 0 Å². The van der Waals surface area contributed by atoms with Crippen molar-refractivity contribution in [1.29, 1.82) is 0 Å². The first-order chi connectivity index (χ1) is 12.0. The zero-order chi connectivity index (χ0) is 17.9. The average Bonchev–Trinajstić information content (AvgIpc) is 2.92. The molecule has 1 aromatic rings.